The smallest absolute Gasteiger partial charge is 0.318 e. The van der Waals surface area contributed by atoms with Gasteiger partial charge in [0.15, 0.2) is 0 Å². The molecule has 4 heterocycles. The van der Waals surface area contributed by atoms with E-state index in [-0.39, 0.29) is 29.7 Å². The summed E-state index contributed by atoms with van der Waals surface area (Å²) in [4.78, 5) is 31.1. The van der Waals surface area contributed by atoms with Gasteiger partial charge in [-0.25, -0.2) is 4.79 Å². The summed E-state index contributed by atoms with van der Waals surface area (Å²) in [6.07, 6.45) is 3.25. The van der Waals surface area contributed by atoms with Gasteiger partial charge in [-0.15, -0.1) is 0 Å². The molecular weight excluding hydrogens is 384 g/mol. The van der Waals surface area contributed by atoms with Crippen LogP contribution in [0.25, 0.3) is 11.3 Å². The maximum atomic E-state index is 12.8. The molecule has 0 spiro atoms. The van der Waals surface area contributed by atoms with Crippen LogP contribution in [0.3, 0.4) is 0 Å². The number of hydrogen-bond donors (Lipinski definition) is 2. The second-order valence-corrected chi connectivity index (χ2v) is 7.57. The Labute approximate surface area is 174 Å². The third-order valence-electron chi connectivity index (χ3n) is 5.76. The lowest BCUT2D eigenvalue weighted by Crippen LogP contribution is -2.49. The highest BCUT2D eigenvalue weighted by Gasteiger charge is 2.33. The zero-order chi connectivity index (χ0) is 21.3. The van der Waals surface area contributed by atoms with Crippen molar-refractivity contribution in [3.05, 3.63) is 40.8 Å². The minimum absolute atomic E-state index is 0.0823. The van der Waals surface area contributed by atoms with E-state index in [1.165, 1.54) is 0 Å². The molecule has 1 saturated heterocycles. The number of primary amides is 1. The van der Waals surface area contributed by atoms with Gasteiger partial charge in [0.2, 0.25) is 0 Å². The summed E-state index contributed by atoms with van der Waals surface area (Å²) >= 11 is 0. The number of nitriles is 1. The van der Waals surface area contributed by atoms with Gasteiger partial charge < -0.3 is 25.3 Å². The van der Waals surface area contributed by atoms with Crippen molar-refractivity contribution in [2.75, 3.05) is 19.8 Å². The Balaban J connectivity index is 1.70. The molecule has 3 N–H and O–H groups in total. The van der Waals surface area contributed by atoms with Crippen molar-refractivity contribution in [3.8, 4) is 17.3 Å². The molecule has 0 unspecified atom stereocenters. The number of nitrogens with one attached hydrogen (secondary N) is 1. The van der Waals surface area contributed by atoms with Crippen LogP contribution >= 0.6 is 0 Å². The third kappa shape index (κ3) is 3.50. The van der Waals surface area contributed by atoms with Gasteiger partial charge in [0.05, 0.1) is 29.1 Å². The van der Waals surface area contributed by atoms with Crippen molar-refractivity contribution < 1.29 is 14.3 Å². The SMILES string of the molecule is Cc1ncccc1-c1c(C#N)c(C(N)=O)c2n1CCN(C(=O)NC1CCOCC1)C2. The predicted octanol–water partition coefficient (Wildman–Crippen LogP) is 1.53. The number of rotatable bonds is 3. The summed E-state index contributed by atoms with van der Waals surface area (Å²) in [6, 6.07) is 5.73. The van der Waals surface area contributed by atoms with E-state index < -0.39 is 5.91 Å². The van der Waals surface area contributed by atoms with E-state index in [0.717, 1.165) is 24.1 Å². The van der Waals surface area contributed by atoms with Crippen molar-refractivity contribution in [2.24, 2.45) is 5.73 Å². The molecule has 0 atom stereocenters. The van der Waals surface area contributed by atoms with Gasteiger partial charge in [0.25, 0.3) is 5.91 Å². The second-order valence-electron chi connectivity index (χ2n) is 7.57. The Morgan fingerprint density at radius 3 is 2.77 bits per heavy atom. The highest BCUT2D eigenvalue weighted by atomic mass is 16.5. The molecule has 2 aromatic heterocycles. The zero-order valence-corrected chi connectivity index (χ0v) is 16.9. The first kappa shape index (κ1) is 19.9. The lowest BCUT2D eigenvalue weighted by atomic mass is 10.0. The molecule has 156 valence electrons. The van der Waals surface area contributed by atoms with E-state index in [2.05, 4.69) is 16.4 Å². The van der Waals surface area contributed by atoms with Gasteiger partial charge >= 0.3 is 6.03 Å². The van der Waals surface area contributed by atoms with E-state index in [1.807, 2.05) is 17.6 Å². The second kappa shape index (κ2) is 8.16. The van der Waals surface area contributed by atoms with Crippen molar-refractivity contribution in [3.63, 3.8) is 0 Å². The minimum atomic E-state index is -0.671. The van der Waals surface area contributed by atoms with E-state index in [9.17, 15) is 14.9 Å². The average molecular weight is 408 g/mol. The molecule has 1 fully saturated rings. The van der Waals surface area contributed by atoms with Crippen molar-refractivity contribution in [1.29, 1.82) is 5.26 Å². The quantitative estimate of drug-likeness (QED) is 0.796. The number of hydrogen-bond acceptors (Lipinski definition) is 5. The van der Waals surface area contributed by atoms with Crippen LogP contribution in [-0.4, -0.2) is 52.2 Å². The predicted molar refractivity (Wildman–Crippen MR) is 108 cm³/mol. The lowest BCUT2D eigenvalue weighted by Gasteiger charge is -2.32. The Hall–Kier alpha value is -3.38. The number of aromatic nitrogens is 2. The van der Waals surface area contributed by atoms with Crippen LogP contribution in [0.5, 0.6) is 0 Å². The summed E-state index contributed by atoms with van der Waals surface area (Å²) in [5, 5.41) is 12.9. The van der Waals surface area contributed by atoms with Gasteiger partial charge in [0.1, 0.15) is 6.07 Å². The van der Waals surface area contributed by atoms with Crippen LogP contribution in [0.15, 0.2) is 18.3 Å². The molecule has 4 rings (SSSR count). The Kier molecular flexibility index (Phi) is 5.42. The van der Waals surface area contributed by atoms with Crippen molar-refractivity contribution in [2.45, 2.75) is 38.9 Å². The highest BCUT2D eigenvalue weighted by molar-refractivity contribution is 5.99. The number of urea groups is 1. The Morgan fingerprint density at radius 2 is 2.10 bits per heavy atom. The first-order chi connectivity index (χ1) is 14.5. The molecule has 2 aliphatic rings. The standard InChI is InChI=1S/C21H24N6O3/c1-13-15(3-2-6-24-13)19-16(11-22)18(20(23)28)17-12-26(7-8-27(17)19)21(29)25-14-4-9-30-10-5-14/h2-3,6,14H,4-5,7-10,12H2,1H3,(H2,23,28)(H,25,29). The molecule has 3 amide bonds. The number of ether oxygens (including phenoxy) is 1. The van der Waals surface area contributed by atoms with E-state index in [4.69, 9.17) is 10.5 Å². The number of pyridine rings is 1. The number of fused-ring (bicyclic) bond motifs is 1. The topological polar surface area (TPSA) is 126 Å². The number of carbonyl (C=O) groups is 2. The molecule has 0 aromatic carbocycles. The van der Waals surface area contributed by atoms with Crippen LogP contribution in [0.2, 0.25) is 0 Å². The fraction of sp³-hybridized carbons (Fsp3) is 0.429. The first-order valence-electron chi connectivity index (χ1n) is 10.0. The molecule has 0 aliphatic carbocycles. The summed E-state index contributed by atoms with van der Waals surface area (Å²) < 4.78 is 7.27. The molecular formula is C21H24N6O3. The normalized spacial score (nSPS) is 16.6. The fourth-order valence-electron chi connectivity index (χ4n) is 4.23. The van der Waals surface area contributed by atoms with Crippen LogP contribution in [0.1, 0.15) is 40.2 Å². The number of aryl methyl sites for hydroxylation is 1. The summed E-state index contributed by atoms with van der Waals surface area (Å²) in [5.41, 5.74) is 8.84. The monoisotopic (exact) mass is 408 g/mol. The molecule has 30 heavy (non-hydrogen) atoms. The largest absolute Gasteiger partial charge is 0.381 e. The molecule has 9 nitrogen and oxygen atoms in total. The van der Waals surface area contributed by atoms with Crippen molar-refractivity contribution >= 4 is 11.9 Å². The number of nitrogens with zero attached hydrogens (tertiary/aromatic N) is 4. The fourth-order valence-corrected chi connectivity index (χ4v) is 4.23. The van der Waals surface area contributed by atoms with Crippen molar-refractivity contribution in [1.82, 2.24) is 19.8 Å². The number of nitrogens with two attached hydrogens (primary N) is 1. The minimum Gasteiger partial charge on any atom is -0.381 e. The maximum absolute atomic E-state index is 12.8. The van der Waals surface area contributed by atoms with Gasteiger partial charge in [0, 0.05) is 49.8 Å². The zero-order valence-electron chi connectivity index (χ0n) is 16.9. The van der Waals surface area contributed by atoms with Gasteiger partial charge in [-0.05, 0) is 31.9 Å². The Bertz CT molecular complexity index is 1030. The van der Waals surface area contributed by atoms with Crippen LogP contribution < -0.4 is 11.1 Å². The molecule has 0 radical (unpaired) electrons. The summed E-state index contributed by atoms with van der Waals surface area (Å²) in [6.45, 7) is 4.27. The molecule has 0 saturated carbocycles. The van der Waals surface area contributed by atoms with Crippen LogP contribution in [-0.2, 0) is 17.8 Å². The van der Waals surface area contributed by atoms with Crippen LogP contribution in [0, 0.1) is 18.3 Å². The summed E-state index contributed by atoms with van der Waals surface area (Å²) in [7, 11) is 0. The average Bonchev–Trinajstić information content (AvgIpc) is 3.08. The molecule has 2 aliphatic heterocycles. The maximum Gasteiger partial charge on any atom is 0.318 e. The number of amides is 3. The van der Waals surface area contributed by atoms with E-state index in [0.29, 0.717) is 37.7 Å². The molecule has 9 heteroatoms. The highest BCUT2D eigenvalue weighted by Crippen LogP contribution is 2.35. The van der Waals surface area contributed by atoms with E-state index >= 15 is 0 Å². The van der Waals surface area contributed by atoms with Crippen LogP contribution in [0.4, 0.5) is 4.79 Å². The lowest BCUT2D eigenvalue weighted by molar-refractivity contribution is 0.0774. The van der Waals surface area contributed by atoms with Gasteiger partial charge in [-0.3, -0.25) is 9.78 Å². The first-order valence-corrected chi connectivity index (χ1v) is 10.0. The van der Waals surface area contributed by atoms with Gasteiger partial charge in [-0.1, -0.05) is 0 Å². The third-order valence-corrected chi connectivity index (χ3v) is 5.76. The molecule has 2 aromatic rings. The Morgan fingerprint density at radius 1 is 1.33 bits per heavy atom. The number of carbonyl (C=O) groups excluding carboxylic acids is 2. The van der Waals surface area contributed by atoms with Gasteiger partial charge in [-0.2, -0.15) is 5.26 Å². The van der Waals surface area contributed by atoms with E-state index in [1.54, 1.807) is 17.2 Å². The summed E-state index contributed by atoms with van der Waals surface area (Å²) in [5.74, 6) is -0.671. The molecule has 0 bridgehead atoms.